The lowest BCUT2D eigenvalue weighted by atomic mass is 10.0. The van der Waals surface area contributed by atoms with E-state index < -0.39 is 11.5 Å². The van der Waals surface area contributed by atoms with Crippen LogP contribution in [0.5, 0.6) is 0 Å². The number of aliphatic carboxylic acids is 1. The van der Waals surface area contributed by atoms with Crippen molar-refractivity contribution in [3.8, 4) is 0 Å². The highest BCUT2D eigenvalue weighted by molar-refractivity contribution is 5.98. The van der Waals surface area contributed by atoms with Gasteiger partial charge in [0.05, 0.1) is 17.4 Å². The number of hydrogen-bond donors (Lipinski definition) is 3. The van der Waals surface area contributed by atoms with Gasteiger partial charge in [-0.25, -0.2) is 4.98 Å². The van der Waals surface area contributed by atoms with E-state index in [1.54, 1.807) is 24.5 Å². The lowest BCUT2D eigenvalue weighted by molar-refractivity contribution is -0.142. The Kier molecular flexibility index (Phi) is 2.72. The molecule has 0 saturated carbocycles. The second kappa shape index (κ2) is 4.31. The van der Waals surface area contributed by atoms with Gasteiger partial charge in [-0.15, -0.1) is 0 Å². The SMILES string of the molecule is NC1(C(=O)O)CCN(C(=O)c2ccc3nc[nH]c3c2)C1. The van der Waals surface area contributed by atoms with Crippen LogP contribution < -0.4 is 5.73 Å². The number of fused-ring (bicyclic) bond motifs is 1. The standard InChI is InChI=1S/C13H14N4O3/c14-13(12(19)20)3-4-17(6-13)11(18)8-1-2-9-10(5-8)16-7-15-9/h1-2,5,7H,3-4,6,14H2,(H,15,16)(H,19,20). The van der Waals surface area contributed by atoms with Crippen LogP contribution in [-0.2, 0) is 4.79 Å². The van der Waals surface area contributed by atoms with Crippen LogP contribution in [0.25, 0.3) is 11.0 Å². The first-order valence-electron chi connectivity index (χ1n) is 6.24. The minimum absolute atomic E-state index is 0.0299. The quantitative estimate of drug-likeness (QED) is 0.723. The molecule has 1 aliphatic heterocycles. The maximum absolute atomic E-state index is 12.4. The van der Waals surface area contributed by atoms with E-state index in [1.165, 1.54) is 4.90 Å². The molecule has 0 radical (unpaired) electrons. The summed E-state index contributed by atoms with van der Waals surface area (Å²) in [5, 5.41) is 9.08. The van der Waals surface area contributed by atoms with Crippen LogP contribution in [-0.4, -0.2) is 50.5 Å². The Morgan fingerprint density at radius 3 is 2.95 bits per heavy atom. The van der Waals surface area contributed by atoms with Gasteiger partial charge in [0, 0.05) is 18.7 Å². The maximum atomic E-state index is 12.4. The molecule has 7 heteroatoms. The van der Waals surface area contributed by atoms with Gasteiger partial charge in [0.2, 0.25) is 0 Å². The molecule has 1 unspecified atom stereocenters. The molecule has 4 N–H and O–H groups in total. The monoisotopic (exact) mass is 274 g/mol. The van der Waals surface area contributed by atoms with E-state index in [4.69, 9.17) is 10.8 Å². The topological polar surface area (TPSA) is 112 Å². The van der Waals surface area contributed by atoms with E-state index in [2.05, 4.69) is 9.97 Å². The van der Waals surface area contributed by atoms with Crippen LogP contribution in [0.3, 0.4) is 0 Å². The number of nitrogens with zero attached hydrogens (tertiary/aromatic N) is 2. The van der Waals surface area contributed by atoms with Gasteiger partial charge in [0.1, 0.15) is 5.54 Å². The predicted octanol–water partition coefficient (Wildman–Crippen LogP) is 0.191. The molecule has 0 aliphatic carbocycles. The second-order valence-corrected chi connectivity index (χ2v) is 5.07. The van der Waals surface area contributed by atoms with Gasteiger partial charge >= 0.3 is 5.97 Å². The van der Waals surface area contributed by atoms with Crippen LogP contribution in [0.2, 0.25) is 0 Å². The lowest BCUT2D eigenvalue weighted by Crippen LogP contribution is -2.50. The molecule has 7 nitrogen and oxygen atoms in total. The number of carboxylic acids is 1. The van der Waals surface area contributed by atoms with Crippen molar-refractivity contribution in [3.63, 3.8) is 0 Å². The number of H-pyrrole nitrogens is 1. The van der Waals surface area contributed by atoms with Crippen molar-refractivity contribution >= 4 is 22.9 Å². The van der Waals surface area contributed by atoms with E-state index >= 15 is 0 Å². The number of nitrogens with one attached hydrogen (secondary N) is 1. The molecule has 3 rings (SSSR count). The van der Waals surface area contributed by atoms with Gasteiger partial charge in [-0.1, -0.05) is 0 Å². The van der Waals surface area contributed by atoms with Crippen molar-refractivity contribution in [2.24, 2.45) is 5.73 Å². The fraction of sp³-hybridized carbons (Fsp3) is 0.308. The summed E-state index contributed by atoms with van der Waals surface area (Å²) in [6, 6.07) is 5.15. The molecule has 0 spiro atoms. The van der Waals surface area contributed by atoms with Crippen molar-refractivity contribution in [3.05, 3.63) is 30.1 Å². The van der Waals surface area contributed by atoms with Gasteiger partial charge in [0.15, 0.2) is 0 Å². The fourth-order valence-corrected chi connectivity index (χ4v) is 2.43. The third kappa shape index (κ3) is 1.92. The Labute approximate surface area is 114 Å². The van der Waals surface area contributed by atoms with E-state index in [0.717, 1.165) is 11.0 Å². The van der Waals surface area contributed by atoms with E-state index in [1.807, 2.05) is 0 Å². The summed E-state index contributed by atoms with van der Waals surface area (Å²) in [6.07, 6.45) is 1.82. The van der Waals surface area contributed by atoms with Gasteiger partial charge < -0.3 is 20.7 Å². The third-order valence-electron chi connectivity index (χ3n) is 3.68. The summed E-state index contributed by atoms with van der Waals surface area (Å²) >= 11 is 0. The molecule has 2 heterocycles. The first-order chi connectivity index (χ1) is 9.49. The molecule has 1 fully saturated rings. The number of aromatic amines is 1. The number of rotatable bonds is 2. The number of carboxylic acid groups (broad SMARTS) is 1. The molecule has 1 aromatic heterocycles. The molecule has 1 aromatic carbocycles. The molecule has 2 aromatic rings. The highest BCUT2D eigenvalue weighted by Gasteiger charge is 2.43. The summed E-state index contributed by atoms with van der Waals surface area (Å²) in [7, 11) is 0. The molecular formula is C13H14N4O3. The number of carbonyl (C=O) groups is 2. The second-order valence-electron chi connectivity index (χ2n) is 5.07. The highest BCUT2D eigenvalue weighted by atomic mass is 16.4. The van der Waals surface area contributed by atoms with Crippen LogP contribution in [0, 0.1) is 0 Å². The number of imidazole rings is 1. The zero-order valence-corrected chi connectivity index (χ0v) is 10.7. The van der Waals surface area contributed by atoms with Crippen LogP contribution >= 0.6 is 0 Å². The average molecular weight is 274 g/mol. The van der Waals surface area contributed by atoms with E-state index in [0.29, 0.717) is 12.1 Å². The number of nitrogens with two attached hydrogens (primary N) is 1. The van der Waals surface area contributed by atoms with Crippen molar-refractivity contribution in [1.82, 2.24) is 14.9 Å². The summed E-state index contributed by atoms with van der Waals surface area (Å²) in [5.74, 6) is -1.29. The smallest absolute Gasteiger partial charge is 0.325 e. The number of hydrogen-bond acceptors (Lipinski definition) is 4. The Bertz CT molecular complexity index is 696. The first-order valence-corrected chi connectivity index (χ1v) is 6.24. The van der Waals surface area contributed by atoms with Crippen LogP contribution in [0.4, 0.5) is 0 Å². The highest BCUT2D eigenvalue weighted by Crippen LogP contribution is 2.22. The van der Waals surface area contributed by atoms with Crippen molar-refractivity contribution in [1.29, 1.82) is 0 Å². The number of amides is 1. The van der Waals surface area contributed by atoms with E-state index in [9.17, 15) is 9.59 Å². The molecule has 1 aliphatic rings. The normalized spacial score (nSPS) is 22.4. The number of likely N-dealkylation sites (tertiary alicyclic amines) is 1. The molecular weight excluding hydrogens is 260 g/mol. The Balaban J connectivity index is 1.84. The van der Waals surface area contributed by atoms with Crippen LogP contribution in [0.15, 0.2) is 24.5 Å². The predicted molar refractivity (Wildman–Crippen MR) is 71.2 cm³/mol. The van der Waals surface area contributed by atoms with Crippen molar-refractivity contribution in [2.75, 3.05) is 13.1 Å². The van der Waals surface area contributed by atoms with E-state index in [-0.39, 0.29) is 18.9 Å². The van der Waals surface area contributed by atoms with Gasteiger partial charge in [-0.05, 0) is 24.6 Å². The maximum Gasteiger partial charge on any atom is 0.325 e. The number of aromatic nitrogens is 2. The molecule has 1 atom stereocenters. The van der Waals surface area contributed by atoms with Gasteiger partial charge in [0.25, 0.3) is 5.91 Å². The Hall–Kier alpha value is -2.41. The Morgan fingerprint density at radius 2 is 2.25 bits per heavy atom. The minimum atomic E-state index is -1.34. The van der Waals surface area contributed by atoms with Gasteiger partial charge in [-0.3, -0.25) is 9.59 Å². The van der Waals surface area contributed by atoms with Gasteiger partial charge in [-0.2, -0.15) is 0 Å². The summed E-state index contributed by atoms with van der Waals surface area (Å²) < 4.78 is 0. The average Bonchev–Trinajstić information content (AvgIpc) is 3.04. The summed E-state index contributed by atoms with van der Waals surface area (Å²) in [6.45, 7) is 0.380. The molecule has 0 bridgehead atoms. The summed E-state index contributed by atoms with van der Waals surface area (Å²) in [5.41, 5.74) is 6.48. The molecule has 104 valence electrons. The van der Waals surface area contributed by atoms with Crippen molar-refractivity contribution in [2.45, 2.75) is 12.0 Å². The molecule has 1 saturated heterocycles. The minimum Gasteiger partial charge on any atom is -0.480 e. The largest absolute Gasteiger partial charge is 0.480 e. The first kappa shape index (κ1) is 12.6. The lowest BCUT2D eigenvalue weighted by Gasteiger charge is -2.20. The fourth-order valence-electron chi connectivity index (χ4n) is 2.43. The number of carbonyl (C=O) groups excluding carboxylic acids is 1. The third-order valence-corrected chi connectivity index (χ3v) is 3.68. The van der Waals surface area contributed by atoms with Crippen molar-refractivity contribution < 1.29 is 14.7 Å². The molecule has 1 amide bonds. The zero-order chi connectivity index (χ0) is 14.3. The Morgan fingerprint density at radius 1 is 1.45 bits per heavy atom. The van der Waals surface area contributed by atoms with Crippen LogP contribution in [0.1, 0.15) is 16.8 Å². The number of benzene rings is 1. The summed E-state index contributed by atoms with van der Waals surface area (Å²) in [4.78, 5) is 32.0. The molecule has 20 heavy (non-hydrogen) atoms. The zero-order valence-electron chi connectivity index (χ0n) is 10.7.